The number of aromatic nitrogens is 1. The second-order valence-electron chi connectivity index (χ2n) is 3.87. The average Bonchev–Trinajstić information content (AvgIpc) is 2.75. The summed E-state index contributed by atoms with van der Waals surface area (Å²) >= 11 is 1.43. The van der Waals surface area contributed by atoms with Crippen LogP contribution in [-0.2, 0) is 11.2 Å². The van der Waals surface area contributed by atoms with Crippen LogP contribution in [0.5, 0.6) is 5.75 Å². The van der Waals surface area contributed by atoms with Crippen LogP contribution in [0, 0.1) is 6.92 Å². The molecular weight excluding hydrogens is 248 g/mol. The van der Waals surface area contributed by atoms with Crippen LogP contribution < -0.4 is 10.1 Å². The van der Waals surface area contributed by atoms with Gasteiger partial charge >= 0.3 is 0 Å². The monoisotopic (exact) mass is 262 g/mol. The maximum Gasteiger partial charge on any atom is 0.230 e. The van der Waals surface area contributed by atoms with Crippen molar-refractivity contribution in [2.45, 2.75) is 13.3 Å². The Balaban J connectivity index is 1.94. The number of methoxy groups -OCH3 is 1. The molecule has 0 aliphatic rings. The molecule has 0 aliphatic carbocycles. The number of carbonyl (C=O) groups excluding carboxylic acids is 1. The van der Waals surface area contributed by atoms with Crippen molar-refractivity contribution in [1.29, 1.82) is 0 Å². The van der Waals surface area contributed by atoms with Crippen LogP contribution >= 0.6 is 11.3 Å². The largest absolute Gasteiger partial charge is 0.497 e. The number of amides is 1. The van der Waals surface area contributed by atoms with Crippen molar-refractivity contribution in [2.75, 3.05) is 12.4 Å². The molecule has 0 fully saturated rings. The van der Waals surface area contributed by atoms with Gasteiger partial charge in [-0.25, -0.2) is 4.98 Å². The fraction of sp³-hybridized carbons (Fsp3) is 0.231. The van der Waals surface area contributed by atoms with Gasteiger partial charge in [0.05, 0.1) is 19.2 Å². The van der Waals surface area contributed by atoms with E-state index in [0.717, 1.165) is 17.0 Å². The van der Waals surface area contributed by atoms with E-state index in [1.165, 1.54) is 11.3 Å². The number of hydrogen-bond acceptors (Lipinski definition) is 4. The summed E-state index contributed by atoms with van der Waals surface area (Å²) in [5.74, 6) is 0.726. The summed E-state index contributed by atoms with van der Waals surface area (Å²) in [5.41, 5.74) is 1.86. The highest BCUT2D eigenvalue weighted by molar-refractivity contribution is 7.13. The van der Waals surface area contributed by atoms with Crippen molar-refractivity contribution in [3.8, 4) is 5.75 Å². The Morgan fingerprint density at radius 1 is 1.39 bits per heavy atom. The smallest absolute Gasteiger partial charge is 0.230 e. The number of anilines is 1. The van der Waals surface area contributed by atoms with E-state index in [9.17, 15) is 4.79 Å². The molecule has 0 saturated carbocycles. The molecule has 0 radical (unpaired) electrons. The maximum atomic E-state index is 11.8. The lowest BCUT2D eigenvalue weighted by atomic mass is 10.1. The topological polar surface area (TPSA) is 51.2 Å². The predicted molar refractivity (Wildman–Crippen MR) is 72.2 cm³/mol. The fourth-order valence-corrected chi connectivity index (χ4v) is 2.21. The Morgan fingerprint density at radius 2 is 2.11 bits per heavy atom. The van der Waals surface area contributed by atoms with E-state index < -0.39 is 0 Å². The third-order valence-corrected chi connectivity index (χ3v) is 3.26. The van der Waals surface area contributed by atoms with Crippen molar-refractivity contribution in [2.24, 2.45) is 0 Å². The molecule has 5 heteroatoms. The molecule has 0 spiro atoms. The Labute approximate surface area is 110 Å². The molecule has 4 nitrogen and oxygen atoms in total. The average molecular weight is 262 g/mol. The number of aryl methyl sites for hydroxylation is 1. The number of rotatable bonds is 4. The normalized spacial score (nSPS) is 10.1. The first kappa shape index (κ1) is 12.6. The zero-order valence-electron chi connectivity index (χ0n) is 10.3. The van der Waals surface area contributed by atoms with Gasteiger partial charge in [-0.1, -0.05) is 12.1 Å². The third-order valence-electron chi connectivity index (χ3n) is 2.39. The third kappa shape index (κ3) is 3.30. The number of hydrogen-bond donors (Lipinski definition) is 1. The Hall–Kier alpha value is -1.88. The first-order valence-electron chi connectivity index (χ1n) is 5.52. The van der Waals surface area contributed by atoms with Crippen LogP contribution in [0.25, 0.3) is 0 Å². The Kier molecular flexibility index (Phi) is 3.94. The van der Waals surface area contributed by atoms with Gasteiger partial charge in [0.15, 0.2) is 5.13 Å². The van der Waals surface area contributed by atoms with Crippen molar-refractivity contribution in [1.82, 2.24) is 4.98 Å². The highest BCUT2D eigenvalue weighted by Gasteiger charge is 2.06. The summed E-state index contributed by atoms with van der Waals surface area (Å²) < 4.78 is 5.06. The molecule has 2 rings (SSSR count). The van der Waals surface area contributed by atoms with Crippen LogP contribution in [0.4, 0.5) is 5.13 Å². The van der Waals surface area contributed by atoms with Gasteiger partial charge in [-0.15, -0.1) is 11.3 Å². The van der Waals surface area contributed by atoms with Crippen molar-refractivity contribution >= 4 is 22.4 Å². The molecule has 1 amide bonds. The Bertz CT molecular complexity index is 534. The van der Waals surface area contributed by atoms with Crippen molar-refractivity contribution < 1.29 is 9.53 Å². The molecule has 1 aromatic carbocycles. The van der Waals surface area contributed by atoms with E-state index in [2.05, 4.69) is 10.3 Å². The minimum Gasteiger partial charge on any atom is -0.497 e. The Morgan fingerprint density at radius 3 is 2.67 bits per heavy atom. The van der Waals surface area contributed by atoms with Gasteiger partial charge in [-0.2, -0.15) is 0 Å². The lowest BCUT2D eigenvalue weighted by molar-refractivity contribution is -0.115. The first-order chi connectivity index (χ1) is 8.67. The molecule has 0 bridgehead atoms. The van der Waals surface area contributed by atoms with Gasteiger partial charge in [-0.3, -0.25) is 4.79 Å². The molecule has 0 unspecified atom stereocenters. The molecule has 18 heavy (non-hydrogen) atoms. The van der Waals surface area contributed by atoms with Crippen LogP contribution in [-0.4, -0.2) is 18.0 Å². The van der Waals surface area contributed by atoms with Crippen LogP contribution in [0.15, 0.2) is 29.6 Å². The number of benzene rings is 1. The van der Waals surface area contributed by atoms with Crippen LogP contribution in [0.3, 0.4) is 0 Å². The molecule has 0 aliphatic heterocycles. The number of thiazole rings is 1. The summed E-state index contributed by atoms with van der Waals surface area (Å²) in [7, 11) is 1.62. The molecule has 2 aromatic rings. The zero-order chi connectivity index (χ0) is 13.0. The standard InChI is InChI=1S/C13H14N2O2S/c1-9-8-18-13(14-9)15-12(16)7-10-3-5-11(17-2)6-4-10/h3-6,8H,7H2,1-2H3,(H,14,15,16). The minimum absolute atomic E-state index is 0.0606. The second-order valence-corrected chi connectivity index (χ2v) is 4.73. The second kappa shape index (κ2) is 5.64. The highest BCUT2D eigenvalue weighted by Crippen LogP contribution is 2.15. The van der Waals surface area contributed by atoms with Gasteiger partial charge in [0.2, 0.25) is 5.91 Å². The van der Waals surface area contributed by atoms with Gasteiger partial charge in [0, 0.05) is 5.38 Å². The van der Waals surface area contributed by atoms with Crippen LogP contribution in [0.2, 0.25) is 0 Å². The van der Waals surface area contributed by atoms with E-state index in [0.29, 0.717) is 11.6 Å². The summed E-state index contributed by atoms with van der Waals surface area (Å²) in [5, 5.41) is 5.33. The first-order valence-corrected chi connectivity index (χ1v) is 6.40. The summed E-state index contributed by atoms with van der Waals surface area (Å²) in [4.78, 5) is 16.0. The van der Waals surface area contributed by atoms with Gasteiger partial charge in [0.25, 0.3) is 0 Å². The van der Waals surface area contributed by atoms with Gasteiger partial charge in [0.1, 0.15) is 5.75 Å². The maximum absolute atomic E-state index is 11.8. The summed E-state index contributed by atoms with van der Waals surface area (Å²) in [6.45, 7) is 1.90. The zero-order valence-corrected chi connectivity index (χ0v) is 11.1. The van der Waals surface area contributed by atoms with Crippen molar-refractivity contribution in [3.63, 3.8) is 0 Å². The SMILES string of the molecule is COc1ccc(CC(=O)Nc2nc(C)cs2)cc1. The van der Waals surface area contributed by atoms with E-state index >= 15 is 0 Å². The molecule has 0 saturated heterocycles. The number of carbonyl (C=O) groups is 1. The van der Waals surface area contributed by atoms with E-state index in [-0.39, 0.29) is 5.91 Å². The lowest BCUT2D eigenvalue weighted by Gasteiger charge is -2.03. The van der Waals surface area contributed by atoms with E-state index in [1.54, 1.807) is 7.11 Å². The predicted octanol–water partition coefficient (Wildman–Crippen LogP) is 2.64. The highest BCUT2D eigenvalue weighted by atomic mass is 32.1. The van der Waals surface area contributed by atoms with Gasteiger partial charge in [-0.05, 0) is 24.6 Å². The summed E-state index contributed by atoms with van der Waals surface area (Å²) in [6.07, 6.45) is 0.336. The quantitative estimate of drug-likeness (QED) is 0.921. The molecule has 0 atom stereocenters. The van der Waals surface area contributed by atoms with E-state index in [4.69, 9.17) is 4.74 Å². The number of nitrogens with zero attached hydrogens (tertiary/aromatic N) is 1. The molecule has 1 heterocycles. The molecular formula is C13H14N2O2S. The number of nitrogens with one attached hydrogen (secondary N) is 1. The summed E-state index contributed by atoms with van der Waals surface area (Å²) in [6, 6.07) is 7.45. The van der Waals surface area contributed by atoms with Gasteiger partial charge < -0.3 is 10.1 Å². The fourth-order valence-electron chi connectivity index (χ4n) is 1.50. The molecule has 94 valence electrons. The van der Waals surface area contributed by atoms with E-state index in [1.807, 2.05) is 36.6 Å². The number of ether oxygens (including phenoxy) is 1. The lowest BCUT2D eigenvalue weighted by Crippen LogP contribution is -2.14. The molecule has 1 N–H and O–H groups in total. The van der Waals surface area contributed by atoms with Crippen LogP contribution in [0.1, 0.15) is 11.3 Å². The van der Waals surface area contributed by atoms with Crippen molar-refractivity contribution in [3.05, 3.63) is 40.9 Å². The molecule has 1 aromatic heterocycles. The minimum atomic E-state index is -0.0606.